The number of hydrogen-bond acceptors (Lipinski definition) is 6. The second kappa shape index (κ2) is 13.1. The van der Waals surface area contributed by atoms with Crippen molar-refractivity contribution in [1.29, 1.82) is 0 Å². The van der Waals surface area contributed by atoms with Crippen LogP contribution >= 0.6 is 0 Å². The fourth-order valence-electron chi connectivity index (χ4n) is 3.16. The molecule has 0 saturated carbocycles. The van der Waals surface area contributed by atoms with E-state index in [0.29, 0.717) is 6.54 Å². The average Bonchev–Trinajstić information content (AvgIpc) is 3.21. The van der Waals surface area contributed by atoms with Crippen molar-refractivity contribution in [3.63, 3.8) is 0 Å². The Morgan fingerprint density at radius 1 is 1.11 bits per heavy atom. The number of H-pyrrole nitrogens is 1. The number of hydrogen-bond donors (Lipinski definition) is 5. The number of nitrogens with two attached hydrogens (primary N) is 1. The summed E-state index contributed by atoms with van der Waals surface area (Å²) in [6.07, 6.45) is -0.431. The van der Waals surface area contributed by atoms with Crippen molar-refractivity contribution >= 4 is 29.4 Å². The molecule has 0 fully saturated rings. The number of amides is 2. The number of benzene rings is 2. The van der Waals surface area contributed by atoms with Crippen molar-refractivity contribution in [2.24, 2.45) is 5.73 Å². The zero-order valence-electron chi connectivity index (χ0n) is 20.0. The number of carboxylic acid groups (broad SMARTS) is 1. The van der Waals surface area contributed by atoms with Gasteiger partial charge in [-0.05, 0) is 49.4 Å². The number of rotatable bonds is 8. The topological polar surface area (TPSA) is 156 Å². The molecule has 0 unspecified atom stereocenters. The first-order valence-electron chi connectivity index (χ1n) is 11.0. The molecule has 6 N–H and O–H groups in total. The van der Waals surface area contributed by atoms with Gasteiger partial charge in [0.15, 0.2) is 0 Å². The van der Waals surface area contributed by atoms with Gasteiger partial charge in [0.2, 0.25) is 0 Å². The number of aromatic amines is 1. The third-order valence-corrected chi connectivity index (χ3v) is 4.69. The number of fused-ring (bicyclic) bond motifs is 1. The first-order chi connectivity index (χ1) is 16.6. The summed E-state index contributed by atoms with van der Waals surface area (Å²) in [6, 6.07) is 16.4. The van der Waals surface area contributed by atoms with Gasteiger partial charge in [0, 0.05) is 24.2 Å². The van der Waals surface area contributed by atoms with Gasteiger partial charge in [-0.1, -0.05) is 42.5 Å². The van der Waals surface area contributed by atoms with Crippen LogP contribution in [0.25, 0.3) is 10.9 Å². The third-order valence-electron chi connectivity index (χ3n) is 4.69. The van der Waals surface area contributed by atoms with Gasteiger partial charge < -0.3 is 25.9 Å². The zero-order valence-corrected chi connectivity index (χ0v) is 20.0. The zero-order chi connectivity index (χ0) is 25.8. The summed E-state index contributed by atoms with van der Waals surface area (Å²) in [5.41, 5.74) is 11.0. The van der Waals surface area contributed by atoms with E-state index in [0.717, 1.165) is 27.7 Å². The number of carbonyl (C=O) groups excluding carboxylic acids is 2. The highest BCUT2D eigenvalue weighted by Crippen LogP contribution is 2.16. The predicted molar refractivity (Wildman–Crippen MR) is 131 cm³/mol. The van der Waals surface area contributed by atoms with E-state index in [-0.39, 0.29) is 19.5 Å². The van der Waals surface area contributed by atoms with Crippen molar-refractivity contribution in [3.05, 3.63) is 71.4 Å². The maximum absolute atomic E-state index is 12.8. The van der Waals surface area contributed by atoms with Gasteiger partial charge in [-0.25, -0.2) is 10.3 Å². The van der Waals surface area contributed by atoms with Gasteiger partial charge in [0.05, 0.1) is 6.61 Å². The molecule has 0 aliphatic carbocycles. The van der Waals surface area contributed by atoms with Gasteiger partial charge in [0.25, 0.3) is 12.4 Å². The Hall–Kier alpha value is -3.89. The lowest BCUT2D eigenvalue weighted by Gasteiger charge is -2.23. The summed E-state index contributed by atoms with van der Waals surface area (Å²) in [6.45, 7) is 5.68. The van der Waals surface area contributed by atoms with E-state index >= 15 is 0 Å². The largest absolute Gasteiger partial charge is 0.483 e. The van der Waals surface area contributed by atoms with Crippen molar-refractivity contribution in [2.75, 3.05) is 0 Å². The molecule has 0 aliphatic heterocycles. The summed E-state index contributed by atoms with van der Waals surface area (Å²) in [7, 11) is 0. The molecule has 0 radical (unpaired) electrons. The molecule has 10 nitrogen and oxygen atoms in total. The molecule has 0 bridgehead atoms. The van der Waals surface area contributed by atoms with Crippen LogP contribution in [0.1, 0.15) is 37.6 Å². The normalized spacial score (nSPS) is 11.7. The lowest BCUT2D eigenvalue weighted by molar-refractivity contribution is -0.136. The molecule has 3 aromatic rings. The summed E-state index contributed by atoms with van der Waals surface area (Å²) >= 11 is 0. The van der Waals surface area contributed by atoms with Crippen LogP contribution in [0.2, 0.25) is 0 Å². The summed E-state index contributed by atoms with van der Waals surface area (Å²) < 4.78 is 5.32. The molecule has 3 rings (SSSR count). The van der Waals surface area contributed by atoms with Crippen molar-refractivity contribution in [2.45, 2.75) is 52.0 Å². The summed E-state index contributed by atoms with van der Waals surface area (Å²) in [5, 5.41) is 10.6. The molecule has 2 amide bonds. The highest BCUT2D eigenvalue weighted by Gasteiger charge is 2.25. The summed E-state index contributed by atoms with van der Waals surface area (Å²) in [5.74, 6) is -0.479. The van der Waals surface area contributed by atoms with Gasteiger partial charge in [-0.3, -0.25) is 14.4 Å². The Kier molecular flexibility index (Phi) is 10.2. The Bertz CT molecular complexity index is 1070. The monoisotopic (exact) mass is 484 g/mol. The Labute approximate surface area is 203 Å². The molecule has 1 atom stereocenters. The number of alkyl carbamates (subject to hydrolysis) is 1. The first-order valence-corrected chi connectivity index (χ1v) is 11.0. The smallest absolute Gasteiger partial charge is 0.408 e. The molecule has 1 aromatic heterocycles. The number of carbonyl (C=O) groups is 3. The SMILES string of the molecule is CC(C)(C)OC(=O)N[C@H](Cc1cc2ccccc2[nH]1)C(=O)NOCc1ccc(CN)cc1.O=CO. The van der Waals surface area contributed by atoms with Crippen LogP contribution in [0.15, 0.2) is 54.6 Å². The van der Waals surface area contributed by atoms with E-state index in [4.69, 9.17) is 25.2 Å². The quantitative estimate of drug-likeness (QED) is 0.243. The standard InChI is InChI=1S/C24H30N4O4.CH2O2/c1-24(2,3)32-23(30)27-21(13-19-12-18-6-4-5-7-20(18)26-19)22(29)28-31-15-17-10-8-16(14-25)9-11-17;2-1-3/h4-12,21,26H,13-15,25H2,1-3H3,(H,27,30)(H,28,29);1H,(H,2,3)/t21-;/m1./s1. The van der Waals surface area contributed by atoms with Crippen LogP contribution in [0.5, 0.6) is 0 Å². The third kappa shape index (κ3) is 9.48. The van der Waals surface area contributed by atoms with E-state index in [1.54, 1.807) is 20.8 Å². The predicted octanol–water partition coefficient (Wildman–Crippen LogP) is 3.01. The minimum atomic E-state index is -0.891. The van der Waals surface area contributed by atoms with Gasteiger partial charge >= 0.3 is 6.09 Å². The Morgan fingerprint density at radius 2 is 1.74 bits per heavy atom. The van der Waals surface area contributed by atoms with Gasteiger partial charge in [0.1, 0.15) is 11.6 Å². The van der Waals surface area contributed by atoms with E-state index < -0.39 is 23.6 Å². The van der Waals surface area contributed by atoms with Crippen molar-refractivity contribution in [1.82, 2.24) is 15.8 Å². The average molecular weight is 485 g/mol. The van der Waals surface area contributed by atoms with Crippen LogP contribution < -0.4 is 16.5 Å². The van der Waals surface area contributed by atoms with Crippen LogP contribution in [0, 0.1) is 0 Å². The number of ether oxygens (including phenoxy) is 1. The molecule has 2 aromatic carbocycles. The molecular formula is C25H32N4O6. The molecule has 0 aliphatic rings. The molecule has 1 heterocycles. The van der Waals surface area contributed by atoms with Gasteiger partial charge in [-0.2, -0.15) is 0 Å². The van der Waals surface area contributed by atoms with Crippen LogP contribution in [-0.2, 0) is 38.7 Å². The highest BCUT2D eigenvalue weighted by molar-refractivity contribution is 5.86. The Balaban J connectivity index is 0.00000137. The van der Waals surface area contributed by atoms with Crippen molar-refractivity contribution < 1.29 is 29.1 Å². The van der Waals surface area contributed by atoms with Crippen LogP contribution in [0.3, 0.4) is 0 Å². The molecule has 0 spiro atoms. The Morgan fingerprint density at radius 3 is 2.34 bits per heavy atom. The number of aromatic nitrogens is 1. The van der Waals surface area contributed by atoms with Crippen LogP contribution in [0.4, 0.5) is 4.79 Å². The lowest BCUT2D eigenvalue weighted by atomic mass is 10.1. The van der Waals surface area contributed by atoms with E-state index in [2.05, 4.69) is 15.8 Å². The second-order valence-corrected chi connectivity index (χ2v) is 8.67. The minimum Gasteiger partial charge on any atom is -0.483 e. The molecule has 35 heavy (non-hydrogen) atoms. The summed E-state index contributed by atoms with van der Waals surface area (Å²) in [4.78, 5) is 42.1. The fraction of sp³-hybridized carbons (Fsp3) is 0.320. The maximum Gasteiger partial charge on any atom is 0.408 e. The van der Waals surface area contributed by atoms with E-state index in [1.165, 1.54) is 0 Å². The second-order valence-electron chi connectivity index (χ2n) is 8.67. The maximum atomic E-state index is 12.8. The molecular weight excluding hydrogens is 452 g/mol. The minimum absolute atomic E-state index is 0.183. The van der Waals surface area contributed by atoms with Gasteiger partial charge in [-0.15, -0.1) is 0 Å². The number of para-hydroxylation sites is 1. The lowest BCUT2D eigenvalue weighted by Crippen LogP contribution is -2.49. The van der Waals surface area contributed by atoms with E-state index in [1.807, 2.05) is 54.6 Å². The molecule has 188 valence electrons. The molecule has 10 heteroatoms. The fourth-order valence-corrected chi connectivity index (χ4v) is 3.16. The highest BCUT2D eigenvalue weighted by atomic mass is 16.7. The van der Waals surface area contributed by atoms with Crippen molar-refractivity contribution in [3.8, 4) is 0 Å². The first kappa shape index (κ1) is 27.4. The van der Waals surface area contributed by atoms with E-state index in [9.17, 15) is 9.59 Å². The number of hydroxylamine groups is 1. The van der Waals surface area contributed by atoms with Crippen LogP contribution in [-0.4, -0.2) is 40.2 Å². The molecule has 0 saturated heterocycles. The number of nitrogens with one attached hydrogen (secondary N) is 3.